The van der Waals surface area contributed by atoms with Crippen LogP contribution < -0.4 is 16.0 Å². The van der Waals surface area contributed by atoms with Gasteiger partial charge in [0.25, 0.3) is 0 Å². The molecule has 3 rings (SSSR count). The van der Waals surface area contributed by atoms with Gasteiger partial charge in [-0.3, -0.25) is 24.0 Å². The number of Topliss-reactive ketones (excluding diaryl/α,β-unsaturated/α-hetero) is 3. The molecule has 3 aromatic rings. The van der Waals surface area contributed by atoms with Gasteiger partial charge in [0.2, 0.25) is 5.91 Å². The number of nitrogens with one attached hydrogen (secondary N) is 3. The summed E-state index contributed by atoms with van der Waals surface area (Å²) >= 11 is 0. The van der Waals surface area contributed by atoms with Crippen LogP contribution in [0.15, 0.2) is 48.7 Å². The van der Waals surface area contributed by atoms with E-state index in [1.807, 2.05) is 42.5 Å². The Bertz CT molecular complexity index is 2070. The summed E-state index contributed by atoms with van der Waals surface area (Å²) in [5.74, 6) is -4.31. The second kappa shape index (κ2) is 26.9. The van der Waals surface area contributed by atoms with E-state index < -0.39 is 55.2 Å². The molecule has 1 heterocycles. The second-order valence-electron chi connectivity index (χ2n) is 16.7. The molecule has 0 aliphatic heterocycles. The van der Waals surface area contributed by atoms with Crippen LogP contribution in [-0.2, 0) is 57.8 Å². The summed E-state index contributed by atoms with van der Waals surface area (Å²) in [6.45, 7) is -2.85. The molecule has 358 valence electrons. The number of nitrogens with zero attached hydrogens (tertiary/aromatic N) is 4. The van der Waals surface area contributed by atoms with Crippen molar-refractivity contribution >= 4 is 59.0 Å². The predicted molar refractivity (Wildman–Crippen MR) is 232 cm³/mol. The first-order chi connectivity index (χ1) is 30.7. The third-order valence-electron chi connectivity index (χ3n) is 10.3. The van der Waals surface area contributed by atoms with Crippen molar-refractivity contribution in [2.45, 2.75) is 96.3 Å². The van der Waals surface area contributed by atoms with Crippen molar-refractivity contribution in [2.75, 3.05) is 53.5 Å². The molecule has 22 heteroatoms. The molecule has 3 amide bonds. The molecular weight excluding hydrogens is 858 g/mol. The van der Waals surface area contributed by atoms with E-state index in [2.05, 4.69) is 26.3 Å². The number of carbonyl (C=O) groups is 7. The van der Waals surface area contributed by atoms with Crippen LogP contribution in [-0.4, -0.2) is 143 Å². The molecule has 0 bridgehead atoms. The molecule has 2 aromatic carbocycles. The van der Waals surface area contributed by atoms with Crippen LogP contribution in [0.25, 0.3) is 10.8 Å². The first-order valence-electron chi connectivity index (χ1n) is 21.6. The summed E-state index contributed by atoms with van der Waals surface area (Å²) in [7, 11) is 2.91. The average Bonchev–Trinajstić information content (AvgIpc) is 3.64. The Kier molecular flexibility index (Phi) is 22.2. The zero-order chi connectivity index (χ0) is 48.0. The lowest BCUT2D eigenvalue weighted by Gasteiger charge is -2.33. The van der Waals surface area contributed by atoms with Crippen LogP contribution in [0.5, 0.6) is 0 Å². The fraction of sp³-hybridized carbons (Fsp3) is 0.558. The number of unbranched alkanes of at least 4 members (excludes halogenated alkanes) is 1. The van der Waals surface area contributed by atoms with Crippen molar-refractivity contribution in [3.8, 4) is 0 Å². The van der Waals surface area contributed by atoms with E-state index in [0.717, 1.165) is 16.3 Å². The van der Waals surface area contributed by atoms with Gasteiger partial charge >= 0.3 is 24.9 Å². The molecule has 1 unspecified atom stereocenters. The molecule has 3 atom stereocenters. The molecule has 0 aliphatic carbocycles. The first kappa shape index (κ1) is 53.6. The quantitative estimate of drug-likeness (QED) is 0.0332. The van der Waals surface area contributed by atoms with Gasteiger partial charge in [-0.25, -0.2) is 14.3 Å². The molecule has 18 nitrogen and oxygen atoms in total. The number of aromatic nitrogens is 3. The van der Waals surface area contributed by atoms with Crippen molar-refractivity contribution in [2.24, 2.45) is 5.92 Å². The summed E-state index contributed by atoms with van der Waals surface area (Å²) in [6.07, 6.45) is 1.59. The van der Waals surface area contributed by atoms with Gasteiger partial charge in [0, 0.05) is 44.8 Å². The zero-order valence-corrected chi connectivity index (χ0v) is 37.1. The fourth-order valence-electron chi connectivity index (χ4n) is 7.07. The molecule has 0 saturated heterocycles. The maximum Gasteiger partial charge on any atom is 0.531 e. The van der Waals surface area contributed by atoms with Crippen molar-refractivity contribution < 1.29 is 70.7 Å². The van der Waals surface area contributed by atoms with Crippen molar-refractivity contribution in [3.63, 3.8) is 0 Å². The average molecular weight is 920 g/mol. The lowest BCUT2D eigenvalue weighted by molar-refractivity contribution is -0.895. The third-order valence-corrected chi connectivity index (χ3v) is 10.3. The van der Waals surface area contributed by atoms with Gasteiger partial charge in [0.15, 0.2) is 11.6 Å². The monoisotopic (exact) mass is 919 g/mol. The van der Waals surface area contributed by atoms with Gasteiger partial charge < -0.3 is 53.1 Å². The van der Waals surface area contributed by atoms with Gasteiger partial charge in [0.1, 0.15) is 30.6 Å². The highest BCUT2D eigenvalue weighted by molar-refractivity contribution is 6.58. The highest BCUT2D eigenvalue weighted by Gasteiger charge is 2.34. The molecule has 0 saturated carbocycles. The number of ether oxygens (including phenoxy) is 2. The van der Waals surface area contributed by atoms with Crippen LogP contribution in [0, 0.1) is 5.92 Å². The molecule has 1 aromatic heterocycles. The summed E-state index contributed by atoms with van der Waals surface area (Å²) in [4.78, 5) is 85.9. The van der Waals surface area contributed by atoms with Gasteiger partial charge in [-0.15, -0.1) is 5.10 Å². The summed E-state index contributed by atoms with van der Waals surface area (Å²) in [6, 6.07) is 10.3. The van der Waals surface area contributed by atoms with Crippen LogP contribution in [0.3, 0.4) is 0 Å². The first-order valence-corrected chi connectivity index (χ1v) is 21.6. The normalized spacial score (nSPS) is 13.1. The summed E-state index contributed by atoms with van der Waals surface area (Å²) in [5.41, 5.74) is 1.22. The summed E-state index contributed by atoms with van der Waals surface area (Å²) < 4.78 is 50.8. The largest absolute Gasteiger partial charge is 0.531 e. The van der Waals surface area contributed by atoms with Crippen molar-refractivity contribution in [1.82, 2.24) is 30.9 Å². The number of hydrogen-bond donors (Lipinski definition) is 5. The van der Waals surface area contributed by atoms with Gasteiger partial charge in [-0.1, -0.05) is 47.7 Å². The minimum Gasteiger partial charge on any atom is -0.481 e. The number of halogens is 3. The fourth-order valence-corrected chi connectivity index (χ4v) is 7.07. The number of hydrogen-bond acceptors (Lipinski definition) is 11. The van der Waals surface area contributed by atoms with Gasteiger partial charge in [0.05, 0.1) is 52.6 Å². The number of quaternary nitrogens is 1. The molecule has 65 heavy (non-hydrogen) atoms. The number of carbonyl (C=O) groups excluding carboxylic acids is 5. The number of amides is 3. The molecule has 5 N–H and O–H groups in total. The van der Waals surface area contributed by atoms with E-state index in [4.69, 9.17) is 14.6 Å². The Balaban J connectivity index is 1.39. The molecule has 0 radical (unpaired) electrons. The van der Waals surface area contributed by atoms with Crippen molar-refractivity contribution in [3.05, 3.63) is 59.9 Å². The molecular formula is C43H61BF3N7O11. The minimum atomic E-state index is -4.97. The zero-order valence-electron chi connectivity index (χ0n) is 37.1. The highest BCUT2D eigenvalue weighted by Crippen LogP contribution is 2.21. The number of carboxylic acids is 2. The number of benzene rings is 2. The van der Waals surface area contributed by atoms with Crippen LogP contribution in [0.2, 0.25) is 0 Å². The molecule has 0 aliphatic rings. The van der Waals surface area contributed by atoms with E-state index >= 15 is 0 Å². The number of aliphatic carboxylic acids is 2. The number of carboxylic acid groups (broad SMARTS) is 2. The van der Waals surface area contributed by atoms with E-state index in [1.54, 1.807) is 0 Å². The van der Waals surface area contributed by atoms with Gasteiger partial charge in [-0.05, 0) is 61.8 Å². The topological polar surface area (TPSA) is 245 Å². The second-order valence-corrected chi connectivity index (χ2v) is 16.7. The maximum absolute atomic E-state index is 13.5. The standard InChI is InChI=1S/C43H61BF3N7O11/c1-30(55)38(15-16-40(58)59)49-43(63)50-39(42(61)62)12-6-7-18-48-41(60)34(24-31-13-14-32-9-4-5-10-33(32)23-31)25-36(56)17-20-65-22-21-64-19-8-11-37(57)27-53-26-35(51-52-53)28-54(2,3)29-44(45,46)47/h4-5,9-10,13-14,23,26,34,38-39H,6-8,11-12,15-22,24-25,27-29H2,1-3H3,(H,48,60)(H,58,59)(H,61,62)(H2,49,50,63)/t34?,38-,39-/m0/s1. The summed E-state index contributed by atoms with van der Waals surface area (Å²) in [5, 5.41) is 35.8. The van der Waals surface area contributed by atoms with Gasteiger partial charge in [-0.2, -0.15) is 0 Å². The maximum atomic E-state index is 13.5. The Morgan fingerprint density at radius 3 is 2.18 bits per heavy atom. The van der Waals surface area contributed by atoms with E-state index in [0.29, 0.717) is 25.0 Å². The lowest BCUT2D eigenvalue weighted by Crippen LogP contribution is -2.50. The predicted octanol–water partition coefficient (Wildman–Crippen LogP) is 3.85. The van der Waals surface area contributed by atoms with Crippen LogP contribution >= 0.6 is 0 Å². The smallest absolute Gasteiger partial charge is 0.481 e. The SMILES string of the molecule is CC(=O)[C@H](CCC(=O)O)NC(=O)N[C@@H](CCCCNC(=O)C(CC(=O)CCOCCOCCCC(=O)Cn1cc(C[N+](C)(C)C[B-](F)(F)F)nn1)Cc1ccc2ccccc2c1)C(=O)O. The Morgan fingerprint density at radius 2 is 1.51 bits per heavy atom. The molecule has 0 spiro atoms. The Hall–Kier alpha value is -5.74. The number of ketones is 3. The van der Waals surface area contributed by atoms with E-state index in [-0.39, 0.29) is 113 Å². The Labute approximate surface area is 375 Å². The Morgan fingerprint density at radius 1 is 0.815 bits per heavy atom. The lowest BCUT2D eigenvalue weighted by atomic mass is 9.90. The number of urea groups is 1. The van der Waals surface area contributed by atoms with Crippen LogP contribution in [0.1, 0.15) is 76.0 Å². The minimum absolute atomic E-state index is 0.00977. The number of rotatable bonds is 33. The van der Waals surface area contributed by atoms with Crippen molar-refractivity contribution in [1.29, 1.82) is 0 Å². The van der Waals surface area contributed by atoms with E-state index in [9.17, 15) is 51.6 Å². The highest BCUT2D eigenvalue weighted by atomic mass is 19.4. The number of fused-ring (bicyclic) bond motifs is 1. The molecule has 0 fully saturated rings. The van der Waals surface area contributed by atoms with Crippen LogP contribution in [0.4, 0.5) is 17.7 Å². The third kappa shape index (κ3) is 22.1. The van der Waals surface area contributed by atoms with E-state index in [1.165, 1.54) is 31.9 Å².